The average molecular weight is 494 g/mol. The van der Waals surface area contributed by atoms with Gasteiger partial charge in [0.2, 0.25) is 15.6 Å². The highest BCUT2D eigenvalue weighted by Gasteiger charge is 2.69. The van der Waals surface area contributed by atoms with Crippen molar-refractivity contribution in [3.63, 3.8) is 0 Å². The van der Waals surface area contributed by atoms with Crippen molar-refractivity contribution in [2.24, 2.45) is 0 Å². The molecule has 178 valence electrons. The Morgan fingerprint density at radius 1 is 0.912 bits per heavy atom. The molecule has 1 aromatic heterocycles. The summed E-state index contributed by atoms with van der Waals surface area (Å²) in [4.78, 5) is 39.2. The number of rotatable bonds is 4. The largest absolute Gasteiger partial charge is 0.421 e. The van der Waals surface area contributed by atoms with Crippen molar-refractivity contribution >= 4 is 21.7 Å². The molecule has 1 amide bonds. The summed E-state index contributed by atoms with van der Waals surface area (Å²) in [6.07, 6.45) is -5.59. The molecule has 0 unspecified atom stereocenters. The van der Waals surface area contributed by atoms with Gasteiger partial charge in [-0.2, -0.15) is 17.9 Å². The van der Waals surface area contributed by atoms with Gasteiger partial charge in [-0.1, -0.05) is 35.4 Å². The van der Waals surface area contributed by atoms with Crippen molar-refractivity contribution in [3.05, 3.63) is 86.1 Å². The third kappa shape index (κ3) is 3.53. The van der Waals surface area contributed by atoms with Crippen LogP contribution in [0.15, 0.2) is 63.0 Å². The van der Waals surface area contributed by atoms with E-state index in [1.54, 1.807) is 31.0 Å². The molecule has 0 radical (unpaired) electrons. The number of hydrogen-bond acceptors (Lipinski definition) is 5. The highest BCUT2D eigenvalue weighted by atomic mass is 32.2. The van der Waals surface area contributed by atoms with E-state index in [1.807, 2.05) is 5.32 Å². The lowest BCUT2D eigenvalue weighted by atomic mass is 9.93. The van der Waals surface area contributed by atoms with Gasteiger partial charge in [0, 0.05) is 0 Å². The number of nitrogens with one attached hydrogen (secondary N) is 3. The summed E-state index contributed by atoms with van der Waals surface area (Å²) >= 11 is 0. The highest BCUT2D eigenvalue weighted by molar-refractivity contribution is 7.89. The van der Waals surface area contributed by atoms with Crippen LogP contribution in [0.25, 0.3) is 5.69 Å². The van der Waals surface area contributed by atoms with E-state index in [4.69, 9.17) is 0 Å². The maximum absolute atomic E-state index is 14.5. The molecule has 3 N–H and O–H groups in total. The van der Waals surface area contributed by atoms with Crippen LogP contribution in [0.2, 0.25) is 0 Å². The third-order valence-electron chi connectivity index (χ3n) is 5.39. The molecule has 0 fully saturated rings. The lowest BCUT2D eigenvalue weighted by molar-refractivity contribution is -0.194. The number of carbonyl (C=O) groups is 1. The van der Waals surface area contributed by atoms with Crippen LogP contribution in [0.1, 0.15) is 16.7 Å². The fourth-order valence-corrected chi connectivity index (χ4v) is 4.99. The van der Waals surface area contributed by atoms with E-state index >= 15 is 0 Å². The summed E-state index contributed by atoms with van der Waals surface area (Å²) < 4.78 is 71.4. The number of sulfonamides is 1. The lowest BCUT2D eigenvalue weighted by Gasteiger charge is -2.29. The molecule has 0 bridgehead atoms. The number of amides is 1. The normalized spacial score (nSPS) is 18.0. The first-order valence-corrected chi connectivity index (χ1v) is 11.2. The Hall–Kier alpha value is -3.71. The molecule has 1 aliphatic heterocycles. The van der Waals surface area contributed by atoms with Crippen LogP contribution >= 0.6 is 0 Å². The van der Waals surface area contributed by atoms with E-state index in [0.717, 1.165) is 17.7 Å². The average Bonchev–Trinajstić information content (AvgIpc) is 3.02. The first kappa shape index (κ1) is 23.4. The Morgan fingerprint density at radius 2 is 1.44 bits per heavy atom. The molecule has 4 rings (SSSR count). The van der Waals surface area contributed by atoms with Gasteiger partial charge in [0.05, 0.1) is 16.1 Å². The molecule has 1 atom stereocenters. The Labute approximate surface area is 190 Å². The van der Waals surface area contributed by atoms with Gasteiger partial charge in [-0.25, -0.2) is 17.8 Å². The minimum absolute atomic E-state index is 0.0442. The van der Waals surface area contributed by atoms with Gasteiger partial charge in [0.25, 0.3) is 11.5 Å². The molecule has 0 aliphatic carbocycles. The molecule has 2 aromatic carbocycles. The van der Waals surface area contributed by atoms with E-state index in [2.05, 4.69) is 0 Å². The monoisotopic (exact) mass is 494 g/mol. The fraction of sp³-hybridized carbons (Fsp3) is 0.190. The number of halogens is 3. The quantitative estimate of drug-likeness (QED) is 0.510. The minimum Gasteiger partial charge on any atom is -0.309 e. The molecular weight excluding hydrogens is 477 g/mol. The van der Waals surface area contributed by atoms with Crippen molar-refractivity contribution < 1.29 is 26.4 Å². The standard InChI is InChI=1S/C21H17F3N4O5S/c1-11-3-7-13(8-4-11)28-16-15(17(29)26-19(28)31)20(18(30)25-16,21(22,23)24)27-34(32,33)14-9-5-12(2)6-10-14/h3-10,27H,1-2H3,(H,25,30)(H,26,29,31)/t20-/m0/s1. The third-order valence-corrected chi connectivity index (χ3v) is 6.86. The lowest BCUT2D eigenvalue weighted by Crippen LogP contribution is -2.61. The van der Waals surface area contributed by atoms with Crippen molar-refractivity contribution in [2.45, 2.75) is 30.5 Å². The first-order chi connectivity index (χ1) is 15.8. The number of alkyl halides is 3. The van der Waals surface area contributed by atoms with Gasteiger partial charge >= 0.3 is 11.9 Å². The summed E-state index contributed by atoms with van der Waals surface area (Å²) in [5.74, 6) is -2.66. The van der Waals surface area contributed by atoms with Gasteiger partial charge in [0.1, 0.15) is 5.82 Å². The number of benzene rings is 2. The van der Waals surface area contributed by atoms with E-state index in [0.29, 0.717) is 10.1 Å². The number of aryl methyl sites for hydroxylation is 2. The van der Waals surface area contributed by atoms with Crippen LogP contribution in [-0.4, -0.2) is 30.1 Å². The minimum atomic E-state index is -5.59. The predicted octanol–water partition coefficient (Wildman–Crippen LogP) is 1.83. The number of nitrogens with zero attached hydrogens (tertiary/aromatic N) is 1. The fourth-order valence-electron chi connectivity index (χ4n) is 3.66. The zero-order valence-electron chi connectivity index (χ0n) is 17.6. The number of carbonyl (C=O) groups excluding carboxylic acids is 1. The van der Waals surface area contributed by atoms with E-state index in [1.165, 1.54) is 29.0 Å². The molecule has 9 nitrogen and oxygen atoms in total. The van der Waals surface area contributed by atoms with Gasteiger partial charge in [-0.15, -0.1) is 0 Å². The maximum Gasteiger partial charge on any atom is 0.421 e. The van der Waals surface area contributed by atoms with Crippen molar-refractivity contribution in [2.75, 3.05) is 5.32 Å². The summed E-state index contributed by atoms with van der Waals surface area (Å²) in [6, 6.07) is 10.8. The van der Waals surface area contributed by atoms with E-state index < -0.39 is 55.2 Å². The molecule has 13 heteroatoms. The van der Waals surface area contributed by atoms with Gasteiger partial charge in [0.15, 0.2) is 0 Å². The van der Waals surface area contributed by atoms with Gasteiger partial charge in [-0.3, -0.25) is 14.6 Å². The first-order valence-electron chi connectivity index (χ1n) is 9.73. The van der Waals surface area contributed by atoms with Crippen molar-refractivity contribution in [1.29, 1.82) is 0 Å². The zero-order valence-corrected chi connectivity index (χ0v) is 18.5. The second kappa shape index (κ2) is 7.67. The Kier molecular flexibility index (Phi) is 5.29. The maximum atomic E-state index is 14.5. The molecular formula is C21H17F3N4O5S. The van der Waals surface area contributed by atoms with E-state index in [-0.39, 0.29) is 5.69 Å². The highest BCUT2D eigenvalue weighted by Crippen LogP contribution is 2.46. The molecule has 0 saturated carbocycles. The molecule has 1 aliphatic rings. The zero-order chi connectivity index (χ0) is 25.1. The van der Waals surface area contributed by atoms with Crippen LogP contribution in [0.3, 0.4) is 0 Å². The number of aromatic amines is 1. The van der Waals surface area contributed by atoms with Gasteiger partial charge in [-0.05, 0) is 38.1 Å². The topological polar surface area (TPSA) is 130 Å². The van der Waals surface area contributed by atoms with Crippen LogP contribution in [-0.2, 0) is 20.4 Å². The number of hydrogen-bond donors (Lipinski definition) is 3. The molecule has 0 spiro atoms. The second-order valence-electron chi connectivity index (χ2n) is 7.77. The van der Waals surface area contributed by atoms with Crippen LogP contribution in [0, 0.1) is 13.8 Å². The van der Waals surface area contributed by atoms with Crippen molar-refractivity contribution in [3.8, 4) is 5.69 Å². The van der Waals surface area contributed by atoms with Crippen LogP contribution in [0.5, 0.6) is 0 Å². The molecule has 0 saturated heterocycles. The summed E-state index contributed by atoms with van der Waals surface area (Å²) in [7, 11) is -4.96. The van der Waals surface area contributed by atoms with Crippen LogP contribution < -0.4 is 21.3 Å². The second-order valence-corrected chi connectivity index (χ2v) is 9.46. The SMILES string of the molecule is Cc1ccc(-n2c3c(c(=O)[nH]c2=O)[C@@](NS(=O)(=O)c2ccc(C)cc2)(C(F)(F)F)C(=O)N3)cc1. The summed E-state index contributed by atoms with van der Waals surface area (Å²) in [6.45, 7) is 3.38. The Bertz CT molecular complexity index is 1530. The molecule has 3 aromatic rings. The van der Waals surface area contributed by atoms with Crippen LogP contribution in [0.4, 0.5) is 19.0 Å². The molecule has 34 heavy (non-hydrogen) atoms. The summed E-state index contributed by atoms with van der Waals surface area (Å²) in [5.41, 5.74) is -6.49. The molecule has 2 heterocycles. The number of aromatic nitrogens is 2. The Balaban J connectivity index is 2.01. The smallest absolute Gasteiger partial charge is 0.309 e. The van der Waals surface area contributed by atoms with E-state index in [9.17, 15) is 36.0 Å². The Morgan fingerprint density at radius 3 is 1.97 bits per heavy atom. The number of anilines is 1. The summed E-state index contributed by atoms with van der Waals surface area (Å²) in [5, 5.41) is 1.90. The number of fused-ring (bicyclic) bond motifs is 1. The predicted molar refractivity (Wildman–Crippen MR) is 115 cm³/mol. The number of H-pyrrole nitrogens is 1. The van der Waals surface area contributed by atoms with Gasteiger partial charge < -0.3 is 5.32 Å². The van der Waals surface area contributed by atoms with Crippen molar-refractivity contribution in [1.82, 2.24) is 14.3 Å².